The van der Waals surface area contributed by atoms with E-state index < -0.39 is 17.3 Å². The predicted octanol–water partition coefficient (Wildman–Crippen LogP) is 1.59. The van der Waals surface area contributed by atoms with Crippen molar-refractivity contribution in [3.8, 4) is 0 Å². The summed E-state index contributed by atoms with van der Waals surface area (Å²) >= 11 is 0. The van der Waals surface area contributed by atoms with E-state index in [1.807, 2.05) is 24.3 Å². The van der Waals surface area contributed by atoms with Gasteiger partial charge in [-0.25, -0.2) is 0 Å². The molecule has 0 fully saturated rings. The summed E-state index contributed by atoms with van der Waals surface area (Å²) < 4.78 is 0. The third kappa shape index (κ3) is 1.03. The lowest BCUT2D eigenvalue weighted by Crippen LogP contribution is -2.22. The summed E-state index contributed by atoms with van der Waals surface area (Å²) in [7, 11) is 0. The van der Waals surface area contributed by atoms with Crippen molar-refractivity contribution in [3.05, 3.63) is 52.8 Å². The first-order valence-corrected chi connectivity index (χ1v) is 4.99. The molecule has 0 atom stereocenters. The van der Waals surface area contributed by atoms with Crippen LogP contribution in [-0.4, -0.2) is 16.7 Å². The molecule has 0 aliphatic heterocycles. The highest BCUT2D eigenvalue weighted by Gasteiger charge is 2.34. The zero-order chi connectivity index (χ0) is 11.3. The number of Topliss-reactive ketones (excluding diaryl/α,β-unsaturated/α-hetero) is 2. The van der Waals surface area contributed by atoms with Gasteiger partial charge in [0.05, 0.1) is 0 Å². The molecule has 1 N–H and O–H groups in total. The second kappa shape index (κ2) is 2.92. The molecule has 2 aliphatic carbocycles. The highest BCUT2D eigenvalue weighted by Crippen LogP contribution is 2.37. The van der Waals surface area contributed by atoms with Crippen LogP contribution < -0.4 is 0 Å². The predicted molar refractivity (Wildman–Crippen MR) is 57.8 cm³/mol. The Bertz CT molecular complexity index is 591. The molecule has 0 saturated carbocycles. The van der Waals surface area contributed by atoms with Gasteiger partial charge in [0.15, 0.2) is 5.76 Å². The number of allylic oxidation sites excluding steroid dienone is 4. The number of rotatable bonds is 0. The van der Waals surface area contributed by atoms with E-state index in [1.54, 1.807) is 0 Å². The molecule has 0 amide bonds. The maximum absolute atomic E-state index is 11.7. The zero-order valence-corrected chi connectivity index (χ0v) is 8.36. The highest BCUT2D eigenvalue weighted by atomic mass is 16.3. The summed E-state index contributed by atoms with van der Waals surface area (Å²) in [5.74, 6) is -1.83. The molecule has 0 saturated heterocycles. The molecule has 3 nitrogen and oxygen atoms in total. The number of carbonyl (C=O) groups is 2. The Balaban J connectivity index is 2.23. The Hall–Kier alpha value is -2.16. The third-order valence-corrected chi connectivity index (χ3v) is 2.99. The van der Waals surface area contributed by atoms with Gasteiger partial charge in [-0.15, -0.1) is 0 Å². The lowest BCUT2D eigenvalue weighted by molar-refractivity contribution is -0.133. The molecule has 0 radical (unpaired) electrons. The first kappa shape index (κ1) is 9.09. The summed E-state index contributed by atoms with van der Waals surface area (Å²) in [6, 6.07) is 7.59. The van der Waals surface area contributed by atoms with E-state index in [1.165, 1.54) is 6.08 Å². The number of benzene rings is 1. The van der Waals surface area contributed by atoms with Gasteiger partial charge >= 0.3 is 0 Å². The molecule has 1 aromatic carbocycles. The average molecular weight is 212 g/mol. The second-order valence-electron chi connectivity index (χ2n) is 3.91. The van der Waals surface area contributed by atoms with E-state index in [2.05, 4.69) is 0 Å². The van der Waals surface area contributed by atoms with Gasteiger partial charge in [-0.2, -0.15) is 0 Å². The van der Waals surface area contributed by atoms with Crippen LogP contribution in [0.1, 0.15) is 11.1 Å². The van der Waals surface area contributed by atoms with E-state index in [9.17, 15) is 14.7 Å². The Morgan fingerprint density at radius 1 is 1.06 bits per heavy atom. The maximum Gasteiger partial charge on any atom is 0.267 e. The van der Waals surface area contributed by atoms with Crippen molar-refractivity contribution in [1.82, 2.24) is 0 Å². The average Bonchev–Trinajstić information content (AvgIpc) is 2.65. The van der Waals surface area contributed by atoms with E-state index in [0.29, 0.717) is 17.6 Å². The molecule has 3 heteroatoms. The Morgan fingerprint density at radius 2 is 1.81 bits per heavy atom. The van der Waals surface area contributed by atoms with Gasteiger partial charge in [0.2, 0.25) is 5.78 Å². The quantitative estimate of drug-likeness (QED) is 0.524. The second-order valence-corrected chi connectivity index (χ2v) is 3.91. The summed E-state index contributed by atoms with van der Waals surface area (Å²) in [6.45, 7) is 0. The first-order valence-electron chi connectivity index (χ1n) is 4.99. The molecular weight excluding hydrogens is 204 g/mol. The molecule has 0 bridgehead atoms. The fourth-order valence-corrected chi connectivity index (χ4v) is 2.21. The third-order valence-electron chi connectivity index (χ3n) is 2.99. The number of fused-ring (bicyclic) bond motifs is 2. The van der Waals surface area contributed by atoms with Crippen LogP contribution in [0, 0.1) is 0 Å². The van der Waals surface area contributed by atoms with Crippen LogP contribution in [0.3, 0.4) is 0 Å². The molecule has 3 rings (SSSR count). The molecule has 1 aromatic rings. The van der Waals surface area contributed by atoms with Crippen molar-refractivity contribution in [2.24, 2.45) is 0 Å². The number of hydrogen-bond acceptors (Lipinski definition) is 3. The first-order chi connectivity index (χ1) is 7.68. The molecule has 0 heterocycles. The van der Waals surface area contributed by atoms with Crippen LogP contribution in [0.2, 0.25) is 0 Å². The van der Waals surface area contributed by atoms with Crippen LogP contribution in [0.5, 0.6) is 0 Å². The minimum absolute atomic E-state index is 0.458. The topological polar surface area (TPSA) is 54.4 Å². The number of ketones is 2. The standard InChI is InChI=1S/C13H8O3/c14-11-6-9-8-4-2-1-3-7(8)5-10(9)12(15)13(11)16/h1-4,6,14H,5H2. The maximum atomic E-state index is 11.7. The largest absolute Gasteiger partial charge is 0.504 e. The van der Waals surface area contributed by atoms with Crippen LogP contribution in [0.15, 0.2) is 41.7 Å². The number of hydrogen-bond donors (Lipinski definition) is 1. The molecule has 0 unspecified atom stereocenters. The number of aliphatic hydroxyl groups is 1. The molecule has 78 valence electrons. The SMILES string of the molecule is O=C1C(=O)C2=C(C=C1O)c1ccccc1C2. The van der Waals surface area contributed by atoms with Gasteiger partial charge in [0.1, 0.15) is 0 Å². The van der Waals surface area contributed by atoms with Gasteiger partial charge in [-0.1, -0.05) is 24.3 Å². The molecule has 2 aliphatic rings. The Morgan fingerprint density at radius 3 is 2.62 bits per heavy atom. The van der Waals surface area contributed by atoms with Crippen LogP contribution >= 0.6 is 0 Å². The minimum Gasteiger partial charge on any atom is -0.504 e. The number of carbonyl (C=O) groups excluding carboxylic acids is 2. The lowest BCUT2D eigenvalue weighted by Gasteiger charge is -2.08. The van der Waals surface area contributed by atoms with Crippen molar-refractivity contribution in [2.45, 2.75) is 6.42 Å². The lowest BCUT2D eigenvalue weighted by atomic mass is 9.95. The van der Waals surface area contributed by atoms with Crippen LogP contribution in [0.25, 0.3) is 5.57 Å². The summed E-state index contributed by atoms with van der Waals surface area (Å²) in [4.78, 5) is 23.0. The Kier molecular flexibility index (Phi) is 1.66. The van der Waals surface area contributed by atoms with Gasteiger partial charge in [0.25, 0.3) is 5.78 Å². The van der Waals surface area contributed by atoms with Crippen LogP contribution in [-0.2, 0) is 16.0 Å². The van der Waals surface area contributed by atoms with E-state index in [-0.39, 0.29) is 0 Å². The van der Waals surface area contributed by atoms with E-state index in [0.717, 1.165) is 11.1 Å². The number of aliphatic hydroxyl groups excluding tert-OH is 1. The fourth-order valence-electron chi connectivity index (χ4n) is 2.21. The van der Waals surface area contributed by atoms with Crippen LogP contribution in [0.4, 0.5) is 0 Å². The van der Waals surface area contributed by atoms with Crippen molar-refractivity contribution >= 4 is 17.1 Å². The van der Waals surface area contributed by atoms with Crippen molar-refractivity contribution in [3.63, 3.8) is 0 Å². The molecule has 16 heavy (non-hydrogen) atoms. The van der Waals surface area contributed by atoms with Gasteiger partial charge in [0, 0.05) is 12.0 Å². The summed E-state index contributed by atoms with van der Waals surface area (Å²) in [6.07, 6.45) is 1.88. The smallest absolute Gasteiger partial charge is 0.267 e. The molecule has 0 aromatic heterocycles. The molecular formula is C13H8O3. The Labute approximate surface area is 91.7 Å². The summed E-state index contributed by atoms with van der Waals surface area (Å²) in [5.41, 5.74) is 3.16. The van der Waals surface area contributed by atoms with Crippen molar-refractivity contribution < 1.29 is 14.7 Å². The van der Waals surface area contributed by atoms with Gasteiger partial charge in [-0.3, -0.25) is 9.59 Å². The van der Waals surface area contributed by atoms with Gasteiger partial charge in [-0.05, 0) is 22.8 Å². The van der Waals surface area contributed by atoms with E-state index in [4.69, 9.17) is 0 Å². The van der Waals surface area contributed by atoms with Crippen molar-refractivity contribution in [2.75, 3.05) is 0 Å². The normalized spacial score (nSPS) is 18.4. The monoisotopic (exact) mass is 212 g/mol. The zero-order valence-electron chi connectivity index (χ0n) is 8.36. The summed E-state index contributed by atoms with van der Waals surface area (Å²) in [5, 5.41) is 9.38. The minimum atomic E-state index is -0.799. The van der Waals surface area contributed by atoms with Crippen molar-refractivity contribution in [1.29, 1.82) is 0 Å². The van der Waals surface area contributed by atoms with Gasteiger partial charge < -0.3 is 5.11 Å². The fraction of sp³-hybridized carbons (Fsp3) is 0.0769. The molecule has 0 spiro atoms. The highest BCUT2D eigenvalue weighted by molar-refractivity contribution is 6.51. The van der Waals surface area contributed by atoms with E-state index >= 15 is 0 Å².